The van der Waals surface area contributed by atoms with Crippen molar-refractivity contribution in [3.63, 3.8) is 0 Å². The Hall–Kier alpha value is -3.72. The van der Waals surface area contributed by atoms with Crippen LogP contribution in [0.3, 0.4) is 0 Å². The molecule has 12 heteroatoms. The Morgan fingerprint density at radius 3 is 2.25 bits per heavy atom. The van der Waals surface area contributed by atoms with E-state index in [1.807, 2.05) is 33.8 Å². The Balaban J connectivity index is 0.00000216. The largest absolute Gasteiger partial charge is 0.418 e. The Morgan fingerprint density at radius 2 is 1.70 bits per heavy atom. The van der Waals surface area contributed by atoms with Crippen molar-refractivity contribution in [2.24, 2.45) is 0 Å². The van der Waals surface area contributed by atoms with Gasteiger partial charge in [0.05, 0.1) is 17.4 Å². The smallest absolute Gasteiger partial charge is 0.367 e. The summed E-state index contributed by atoms with van der Waals surface area (Å²) in [6.45, 7) is 14.3. The SMILES string of the molecule is CC.CCC(CC)n1c(=O)c(C#N)cc2cnc(Nc3cc(C(F)(F)F)c(N4CCN(C(C)C)CC4)cn3)nc21. The molecule has 0 bridgehead atoms. The molecule has 0 aromatic carbocycles. The highest BCUT2D eigenvalue weighted by Crippen LogP contribution is 2.38. The maximum atomic E-state index is 14.1. The van der Waals surface area contributed by atoms with Crippen LogP contribution in [0.2, 0.25) is 0 Å². The number of fused-ring (bicyclic) bond motifs is 1. The average molecular weight is 559 g/mol. The van der Waals surface area contributed by atoms with E-state index in [0.29, 0.717) is 56.1 Å². The lowest BCUT2D eigenvalue weighted by molar-refractivity contribution is -0.137. The molecular formula is C28H37F3N8O. The number of pyridine rings is 2. The van der Waals surface area contributed by atoms with Crippen LogP contribution in [0.1, 0.15) is 71.6 Å². The number of aromatic nitrogens is 4. The van der Waals surface area contributed by atoms with Crippen LogP contribution < -0.4 is 15.8 Å². The van der Waals surface area contributed by atoms with Gasteiger partial charge in [-0.3, -0.25) is 14.3 Å². The van der Waals surface area contributed by atoms with E-state index in [9.17, 15) is 23.2 Å². The van der Waals surface area contributed by atoms with Crippen molar-refractivity contribution in [2.75, 3.05) is 36.4 Å². The van der Waals surface area contributed by atoms with Gasteiger partial charge in [0.25, 0.3) is 5.56 Å². The Morgan fingerprint density at radius 1 is 1.05 bits per heavy atom. The molecule has 0 saturated carbocycles. The molecule has 0 spiro atoms. The molecule has 0 aliphatic carbocycles. The number of nitrogens with one attached hydrogen (secondary N) is 1. The van der Waals surface area contributed by atoms with Crippen molar-refractivity contribution >= 4 is 28.5 Å². The summed E-state index contributed by atoms with van der Waals surface area (Å²) in [5, 5.41) is 12.7. The van der Waals surface area contributed by atoms with Crippen molar-refractivity contribution in [1.82, 2.24) is 24.4 Å². The van der Waals surface area contributed by atoms with Crippen LogP contribution >= 0.6 is 0 Å². The first-order valence-corrected chi connectivity index (χ1v) is 13.7. The monoisotopic (exact) mass is 558 g/mol. The zero-order valence-electron chi connectivity index (χ0n) is 23.9. The topological polar surface area (TPSA) is 103 Å². The van der Waals surface area contributed by atoms with Crippen LogP contribution in [0.5, 0.6) is 0 Å². The van der Waals surface area contributed by atoms with Crippen LogP contribution in [-0.2, 0) is 6.18 Å². The van der Waals surface area contributed by atoms with E-state index in [0.717, 1.165) is 6.07 Å². The molecule has 9 nitrogen and oxygen atoms in total. The van der Waals surface area contributed by atoms with Crippen molar-refractivity contribution in [1.29, 1.82) is 5.26 Å². The highest BCUT2D eigenvalue weighted by molar-refractivity contribution is 5.77. The first kappa shape index (κ1) is 30.8. The summed E-state index contributed by atoms with van der Waals surface area (Å²) in [5.41, 5.74) is -0.928. The number of piperazine rings is 1. The molecule has 0 unspecified atom stereocenters. The zero-order valence-corrected chi connectivity index (χ0v) is 23.9. The fraction of sp³-hybridized carbons (Fsp3) is 0.536. The van der Waals surface area contributed by atoms with E-state index in [-0.39, 0.29) is 29.1 Å². The van der Waals surface area contributed by atoms with Crippen molar-refractivity contribution in [3.05, 3.63) is 46.0 Å². The van der Waals surface area contributed by atoms with Gasteiger partial charge < -0.3 is 10.2 Å². The molecule has 1 N–H and O–H groups in total. The third-order valence-corrected chi connectivity index (χ3v) is 7.01. The van der Waals surface area contributed by atoms with E-state index < -0.39 is 17.3 Å². The fourth-order valence-electron chi connectivity index (χ4n) is 4.84. The lowest BCUT2D eigenvalue weighted by Gasteiger charge is -2.38. The summed E-state index contributed by atoms with van der Waals surface area (Å²) in [6.07, 6.45) is -0.640. The minimum Gasteiger partial charge on any atom is -0.367 e. The second-order valence-electron chi connectivity index (χ2n) is 9.61. The molecule has 1 fully saturated rings. The first-order chi connectivity index (χ1) is 19.1. The molecule has 0 radical (unpaired) electrons. The number of alkyl halides is 3. The highest BCUT2D eigenvalue weighted by Gasteiger charge is 2.36. The van der Waals surface area contributed by atoms with Gasteiger partial charge in [-0.15, -0.1) is 0 Å². The standard InChI is InChI=1S/C26H31F3N8O.C2H6/c1-5-19(6-2)37-23-18(11-17(13-30)24(37)38)14-32-25(34-23)33-22-12-20(26(27,28)29)21(15-31-22)36-9-7-35(8-10-36)16(3)4;1-2/h11-12,14-16,19H,5-10H2,1-4H3,(H,31,32,33,34);1-2H3. The number of halogens is 3. The molecule has 1 aliphatic rings. The summed E-state index contributed by atoms with van der Waals surface area (Å²) in [7, 11) is 0. The van der Waals surface area contributed by atoms with Crippen LogP contribution in [0.15, 0.2) is 29.3 Å². The van der Waals surface area contributed by atoms with E-state index in [2.05, 4.69) is 39.0 Å². The van der Waals surface area contributed by atoms with Gasteiger partial charge in [-0.25, -0.2) is 9.97 Å². The maximum absolute atomic E-state index is 14.1. The van der Waals surface area contributed by atoms with Gasteiger partial charge in [-0.2, -0.15) is 23.4 Å². The summed E-state index contributed by atoms with van der Waals surface area (Å²) < 4.78 is 43.7. The number of hydrogen-bond acceptors (Lipinski definition) is 8. The molecule has 1 saturated heterocycles. The lowest BCUT2D eigenvalue weighted by atomic mass is 10.1. The molecule has 3 aromatic rings. The number of anilines is 3. The Kier molecular flexibility index (Phi) is 10.1. The van der Waals surface area contributed by atoms with Crippen LogP contribution in [0.25, 0.3) is 11.0 Å². The third-order valence-electron chi connectivity index (χ3n) is 7.01. The second-order valence-corrected chi connectivity index (χ2v) is 9.61. The van der Waals surface area contributed by atoms with Gasteiger partial charge in [0.2, 0.25) is 5.95 Å². The van der Waals surface area contributed by atoms with Crippen molar-refractivity contribution in [2.45, 2.75) is 72.6 Å². The molecule has 1 aliphatic heterocycles. The molecule has 4 rings (SSSR count). The van der Waals surface area contributed by atoms with Crippen LogP contribution in [0, 0.1) is 11.3 Å². The molecule has 40 heavy (non-hydrogen) atoms. The van der Waals surface area contributed by atoms with Gasteiger partial charge in [-0.1, -0.05) is 27.7 Å². The Bertz CT molecular complexity index is 1400. The number of hydrogen-bond donors (Lipinski definition) is 1. The van der Waals surface area contributed by atoms with Crippen LogP contribution in [-0.4, -0.2) is 56.6 Å². The van der Waals surface area contributed by atoms with Gasteiger partial charge in [0.1, 0.15) is 23.1 Å². The second kappa shape index (κ2) is 13.1. The van der Waals surface area contributed by atoms with E-state index in [1.54, 1.807) is 4.90 Å². The summed E-state index contributed by atoms with van der Waals surface area (Å²) in [5.74, 6) is -0.0634. The number of nitrogens with zero attached hydrogens (tertiary/aromatic N) is 7. The summed E-state index contributed by atoms with van der Waals surface area (Å²) in [6, 6.07) is 4.44. The number of nitriles is 1. The normalized spacial score (nSPS) is 14.3. The highest BCUT2D eigenvalue weighted by atomic mass is 19.4. The minimum atomic E-state index is -4.59. The van der Waals surface area contributed by atoms with Gasteiger partial charge in [0, 0.05) is 49.8 Å². The fourth-order valence-corrected chi connectivity index (χ4v) is 4.84. The van der Waals surface area contributed by atoms with E-state index in [1.165, 1.54) is 23.0 Å². The summed E-state index contributed by atoms with van der Waals surface area (Å²) in [4.78, 5) is 29.8. The first-order valence-electron chi connectivity index (χ1n) is 13.7. The van der Waals surface area contributed by atoms with Crippen LogP contribution in [0.4, 0.5) is 30.6 Å². The van der Waals surface area contributed by atoms with Crippen molar-refractivity contribution in [3.8, 4) is 6.07 Å². The van der Waals surface area contributed by atoms with Gasteiger partial charge in [0.15, 0.2) is 0 Å². The predicted octanol–water partition coefficient (Wildman–Crippen LogP) is 5.74. The van der Waals surface area contributed by atoms with E-state index in [4.69, 9.17) is 0 Å². The summed E-state index contributed by atoms with van der Waals surface area (Å²) >= 11 is 0. The molecule has 0 atom stereocenters. The molecule has 4 heterocycles. The molecule has 0 amide bonds. The average Bonchev–Trinajstić information content (AvgIpc) is 2.95. The van der Waals surface area contributed by atoms with Crippen molar-refractivity contribution < 1.29 is 13.2 Å². The predicted molar refractivity (Wildman–Crippen MR) is 151 cm³/mol. The third kappa shape index (κ3) is 6.53. The lowest BCUT2D eigenvalue weighted by Crippen LogP contribution is -2.49. The molecule has 3 aromatic heterocycles. The maximum Gasteiger partial charge on any atom is 0.418 e. The molecule has 216 valence electrons. The number of rotatable bonds is 7. The minimum absolute atomic E-state index is 0.000218. The molecular weight excluding hydrogens is 521 g/mol. The van der Waals surface area contributed by atoms with E-state index >= 15 is 0 Å². The van der Waals surface area contributed by atoms with Gasteiger partial charge in [-0.05, 0) is 38.8 Å². The zero-order chi connectivity index (χ0) is 29.6. The Labute approximate surface area is 232 Å². The van der Waals surface area contributed by atoms with Gasteiger partial charge >= 0.3 is 6.18 Å². The quantitative estimate of drug-likeness (QED) is 0.392.